The van der Waals surface area contributed by atoms with Crippen LogP contribution in [0.2, 0.25) is 5.28 Å². The quantitative estimate of drug-likeness (QED) is 0.503. The van der Waals surface area contributed by atoms with E-state index < -0.39 is 29.4 Å². The molecule has 2 atom stereocenters. The molecule has 1 aromatic rings. The van der Waals surface area contributed by atoms with Gasteiger partial charge < -0.3 is 20.5 Å². The van der Waals surface area contributed by atoms with E-state index in [9.17, 15) is 9.90 Å². The number of ether oxygens (including phenoxy) is 1. The molecular formula is C21H31ClN4O3. The molecule has 7 nitrogen and oxygen atoms in total. The standard InChI is InChI=1S/C21H31ClN4O3/c1-14(24-19(28)29-20(3,4)5)9-10-16-13-23-18(22)25-17(16)26-21(15(2)27)11-7-6-8-12-21/h13-15,27H,6-8,11-12H2,1-5H3,(H,24,28)(H,23,25,26). The molecule has 2 unspecified atom stereocenters. The van der Waals surface area contributed by atoms with Crippen molar-refractivity contribution in [2.45, 2.75) is 90.0 Å². The molecule has 0 aromatic carbocycles. The van der Waals surface area contributed by atoms with Crippen LogP contribution in [0, 0.1) is 11.8 Å². The van der Waals surface area contributed by atoms with Crippen LogP contribution in [0.5, 0.6) is 0 Å². The summed E-state index contributed by atoms with van der Waals surface area (Å²) in [7, 11) is 0. The van der Waals surface area contributed by atoms with Crippen molar-refractivity contribution in [3.05, 3.63) is 17.0 Å². The van der Waals surface area contributed by atoms with Gasteiger partial charge in [-0.1, -0.05) is 31.1 Å². The molecule has 1 aromatic heterocycles. The van der Waals surface area contributed by atoms with E-state index in [1.807, 2.05) is 0 Å². The minimum absolute atomic E-state index is 0.106. The Morgan fingerprint density at radius 2 is 1.97 bits per heavy atom. The molecule has 2 rings (SSSR count). The summed E-state index contributed by atoms with van der Waals surface area (Å²) in [6.07, 6.45) is 5.38. The fraction of sp³-hybridized carbons (Fsp3) is 0.667. The lowest BCUT2D eigenvalue weighted by Gasteiger charge is -2.41. The predicted molar refractivity (Wildman–Crippen MR) is 114 cm³/mol. The van der Waals surface area contributed by atoms with E-state index in [-0.39, 0.29) is 5.28 Å². The minimum Gasteiger partial charge on any atom is -0.444 e. The third kappa shape index (κ3) is 7.06. The Kier molecular flexibility index (Phi) is 7.73. The van der Waals surface area contributed by atoms with Gasteiger partial charge in [0.05, 0.1) is 23.2 Å². The van der Waals surface area contributed by atoms with Crippen molar-refractivity contribution in [3.8, 4) is 11.8 Å². The van der Waals surface area contributed by atoms with Gasteiger partial charge in [0, 0.05) is 6.20 Å². The fourth-order valence-electron chi connectivity index (χ4n) is 3.32. The Balaban J connectivity index is 2.19. The van der Waals surface area contributed by atoms with Gasteiger partial charge in [0.25, 0.3) is 0 Å². The first-order valence-electron chi connectivity index (χ1n) is 10.0. The van der Waals surface area contributed by atoms with E-state index in [2.05, 4.69) is 32.4 Å². The summed E-state index contributed by atoms with van der Waals surface area (Å²) in [5.74, 6) is 6.46. The molecule has 1 aliphatic carbocycles. The summed E-state index contributed by atoms with van der Waals surface area (Å²) in [6.45, 7) is 8.96. The number of amides is 1. The largest absolute Gasteiger partial charge is 0.444 e. The maximum Gasteiger partial charge on any atom is 0.408 e. The van der Waals surface area contributed by atoms with Crippen LogP contribution in [-0.2, 0) is 4.74 Å². The van der Waals surface area contributed by atoms with Gasteiger partial charge in [0.1, 0.15) is 11.4 Å². The molecule has 0 spiro atoms. The van der Waals surface area contributed by atoms with Crippen LogP contribution in [0.15, 0.2) is 6.20 Å². The van der Waals surface area contributed by atoms with Crippen molar-refractivity contribution < 1.29 is 14.6 Å². The maximum absolute atomic E-state index is 11.9. The van der Waals surface area contributed by atoms with Crippen LogP contribution >= 0.6 is 11.6 Å². The second-order valence-electron chi connectivity index (χ2n) is 8.56. The van der Waals surface area contributed by atoms with Crippen LogP contribution in [0.4, 0.5) is 10.6 Å². The number of alkyl carbamates (subject to hydrolysis) is 1. The Labute approximate surface area is 178 Å². The first-order valence-corrected chi connectivity index (χ1v) is 10.4. The van der Waals surface area contributed by atoms with E-state index in [1.54, 1.807) is 40.8 Å². The normalized spacial score (nSPS) is 18.0. The zero-order valence-electron chi connectivity index (χ0n) is 17.8. The highest BCUT2D eigenvalue weighted by Gasteiger charge is 2.37. The summed E-state index contributed by atoms with van der Waals surface area (Å²) in [4.78, 5) is 20.2. The predicted octanol–water partition coefficient (Wildman–Crippen LogP) is 3.89. The second-order valence-corrected chi connectivity index (χ2v) is 8.89. The molecule has 1 aliphatic rings. The molecule has 0 aliphatic heterocycles. The third-order valence-electron chi connectivity index (χ3n) is 4.83. The lowest BCUT2D eigenvalue weighted by Crippen LogP contribution is -2.49. The summed E-state index contributed by atoms with van der Waals surface area (Å²) >= 11 is 6.01. The molecule has 1 heterocycles. The molecule has 0 saturated heterocycles. The van der Waals surface area contributed by atoms with Crippen molar-refractivity contribution in [1.82, 2.24) is 15.3 Å². The zero-order chi connectivity index (χ0) is 21.7. The van der Waals surface area contributed by atoms with E-state index in [4.69, 9.17) is 16.3 Å². The van der Waals surface area contributed by atoms with Crippen LogP contribution < -0.4 is 10.6 Å². The van der Waals surface area contributed by atoms with Crippen molar-refractivity contribution in [2.75, 3.05) is 5.32 Å². The van der Waals surface area contributed by atoms with Crippen LogP contribution in [0.25, 0.3) is 0 Å². The number of aromatic nitrogens is 2. The number of hydrogen-bond acceptors (Lipinski definition) is 6. The van der Waals surface area contributed by atoms with Gasteiger partial charge in [0.15, 0.2) is 0 Å². The van der Waals surface area contributed by atoms with Gasteiger partial charge in [-0.05, 0) is 59.1 Å². The first-order chi connectivity index (χ1) is 13.5. The van der Waals surface area contributed by atoms with Crippen LogP contribution in [0.1, 0.15) is 72.3 Å². The number of carbonyl (C=O) groups is 1. The fourth-order valence-corrected chi connectivity index (χ4v) is 3.45. The SMILES string of the molecule is CC(C#Cc1cnc(Cl)nc1NC1(C(C)O)CCCCC1)NC(=O)OC(C)(C)C. The maximum atomic E-state index is 11.9. The highest BCUT2D eigenvalue weighted by Crippen LogP contribution is 2.34. The Bertz CT molecular complexity index is 774. The number of rotatable bonds is 4. The molecule has 160 valence electrons. The number of halogens is 1. The summed E-state index contributed by atoms with van der Waals surface area (Å²) in [6, 6.07) is -0.436. The van der Waals surface area contributed by atoms with E-state index in [0.717, 1.165) is 32.1 Å². The molecule has 0 bridgehead atoms. The highest BCUT2D eigenvalue weighted by molar-refractivity contribution is 6.28. The Morgan fingerprint density at radius 3 is 2.55 bits per heavy atom. The van der Waals surface area contributed by atoms with Gasteiger partial charge in [-0.3, -0.25) is 0 Å². The monoisotopic (exact) mass is 422 g/mol. The third-order valence-corrected chi connectivity index (χ3v) is 5.01. The van der Waals surface area contributed by atoms with Gasteiger partial charge >= 0.3 is 6.09 Å². The lowest BCUT2D eigenvalue weighted by atomic mass is 9.78. The molecule has 1 saturated carbocycles. The Morgan fingerprint density at radius 1 is 1.31 bits per heavy atom. The van der Waals surface area contributed by atoms with Crippen molar-refractivity contribution in [1.29, 1.82) is 0 Å². The number of nitrogens with one attached hydrogen (secondary N) is 2. The number of anilines is 1. The van der Waals surface area contributed by atoms with Gasteiger partial charge in [-0.2, -0.15) is 4.98 Å². The molecule has 8 heteroatoms. The van der Waals surface area contributed by atoms with Crippen molar-refractivity contribution >= 4 is 23.5 Å². The van der Waals surface area contributed by atoms with E-state index in [1.165, 1.54) is 0 Å². The number of aliphatic hydroxyl groups is 1. The average molecular weight is 423 g/mol. The molecule has 0 radical (unpaired) electrons. The molecule has 1 amide bonds. The second kappa shape index (κ2) is 9.64. The molecular weight excluding hydrogens is 392 g/mol. The number of nitrogens with zero attached hydrogens (tertiary/aromatic N) is 2. The van der Waals surface area contributed by atoms with Crippen molar-refractivity contribution in [3.63, 3.8) is 0 Å². The first kappa shape index (κ1) is 23.2. The van der Waals surface area contributed by atoms with Gasteiger partial charge in [-0.15, -0.1) is 0 Å². The number of carbonyl (C=O) groups excluding carboxylic acids is 1. The summed E-state index contributed by atoms with van der Waals surface area (Å²) < 4.78 is 5.24. The smallest absolute Gasteiger partial charge is 0.408 e. The van der Waals surface area contributed by atoms with Crippen LogP contribution in [-0.4, -0.2) is 44.5 Å². The lowest BCUT2D eigenvalue weighted by molar-refractivity contribution is 0.0519. The Hall–Kier alpha value is -2.04. The number of aliphatic hydroxyl groups excluding tert-OH is 1. The van der Waals surface area contributed by atoms with E-state index >= 15 is 0 Å². The molecule has 29 heavy (non-hydrogen) atoms. The van der Waals surface area contributed by atoms with Crippen LogP contribution in [0.3, 0.4) is 0 Å². The van der Waals surface area contributed by atoms with Crippen molar-refractivity contribution in [2.24, 2.45) is 0 Å². The van der Waals surface area contributed by atoms with Gasteiger partial charge in [0.2, 0.25) is 5.28 Å². The zero-order valence-corrected chi connectivity index (χ0v) is 18.6. The minimum atomic E-state index is -0.576. The topological polar surface area (TPSA) is 96.4 Å². The highest BCUT2D eigenvalue weighted by atomic mass is 35.5. The summed E-state index contributed by atoms with van der Waals surface area (Å²) in [5.41, 5.74) is -0.488. The average Bonchev–Trinajstić information content (AvgIpc) is 2.60. The van der Waals surface area contributed by atoms with E-state index in [0.29, 0.717) is 11.4 Å². The molecule has 1 fully saturated rings. The van der Waals surface area contributed by atoms with Gasteiger partial charge in [-0.25, -0.2) is 9.78 Å². The number of hydrogen-bond donors (Lipinski definition) is 3. The molecule has 3 N–H and O–H groups in total. The summed E-state index contributed by atoms with van der Waals surface area (Å²) in [5, 5.41) is 16.6.